The van der Waals surface area contributed by atoms with Crippen LogP contribution in [0.4, 0.5) is 5.69 Å². The predicted molar refractivity (Wildman–Crippen MR) is 94.5 cm³/mol. The molecule has 0 aliphatic carbocycles. The van der Waals surface area contributed by atoms with Crippen LogP contribution < -0.4 is 15.6 Å². The maximum Gasteiger partial charge on any atom is 0.291 e. The minimum absolute atomic E-state index is 0.141. The monoisotopic (exact) mass is 358 g/mol. The van der Waals surface area contributed by atoms with Crippen LogP contribution in [0.3, 0.4) is 0 Å². The molecule has 7 heteroatoms. The number of nitrogens with zero attached hydrogens (tertiary/aromatic N) is 1. The number of halogens is 1. The molecule has 1 aromatic carbocycles. The molecular weight excluding hydrogens is 344 g/mol. The van der Waals surface area contributed by atoms with E-state index in [0.717, 1.165) is 0 Å². The van der Waals surface area contributed by atoms with E-state index in [9.17, 15) is 9.59 Å². The number of amides is 1. The third kappa shape index (κ3) is 3.92. The van der Waals surface area contributed by atoms with Crippen LogP contribution in [0.25, 0.3) is 0 Å². The number of aromatic nitrogens is 1. The Bertz CT molecular complexity index is 961. The summed E-state index contributed by atoms with van der Waals surface area (Å²) in [6.45, 7) is 0.251. The molecule has 128 valence electrons. The van der Waals surface area contributed by atoms with Crippen molar-refractivity contribution < 1.29 is 13.9 Å². The number of methoxy groups -OCH3 is 1. The summed E-state index contributed by atoms with van der Waals surface area (Å²) < 4.78 is 12.1. The number of anilines is 1. The third-order valence-corrected chi connectivity index (χ3v) is 3.82. The summed E-state index contributed by atoms with van der Waals surface area (Å²) in [5, 5.41) is 3.09. The van der Waals surface area contributed by atoms with E-state index < -0.39 is 5.91 Å². The normalized spacial score (nSPS) is 10.5. The van der Waals surface area contributed by atoms with Crippen molar-refractivity contribution in [1.29, 1.82) is 0 Å². The molecule has 1 amide bonds. The second-order valence-corrected chi connectivity index (χ2v) is 5.64. The molecule has 0 spiro atoms. The maximum atomic E-state index is 12.3. The van der Waals surface area contributed by atoms with Gasteiger partial charge in [-0.2, -0.15) is 0 Å². The maximum absolute atomic E-state index is 12.3. The number of hydrogen-bond acceptors (Lipinski definition) is 4. The van der Waals surface area contributed by atoms with Crippen molar-refractivity contribution in [2.45, 2.75) is 6.54 Å². The van der Waals surface area contributed by atoms with E-state index in [0.29, 0.717) is 22.2 Å². The van der Waals surface area contributed by atoms with Crippen LogP contribution >= 0.6 is 11.6 Å². The highest BCUT2D eigenvalue weighted by atomic mass is 35.5. The number of carbonyl (C=O) groups excluding carboxylic acids is 1. The molecule has 0 atom stereocenters. The summed E-state index contributed by atoms with van der Waals surface area (Å²) in [7, 11) is 1.52. The fourth-order valence-electron chi connectivity index (χ4n) is 2.28. The summed E-state index contributed by atoms with van der Waals surface area (Å²) in [6, 6.07) is 13.0. The molecule has 25 heavy (non-hydrogen) atoms. The number of carbonyl (C=O) groups is 1. The molecule has 3 rings (SSSR count). The van der Waals surface area contributed by atoms with Gasteiger partial charge in [-0.3, -0.25) is 9.59 Å². The predicted octanol–water partition coefficient (Wildman–Crippen LogP) is 3.40. The van der Waals surface area contributed by atoms with Crippen molar-refractivity contribution in [3.05, 3.63) is 81.6 Å². The molecule has 0 saturated carbocycles. The minimum Gasteiger partial charge on any atom is -0.495 e. The van der Waals surface area contributed by atoms with Crippen LogP contribution in [0.5, 0.6) is 5.75 Å². The van der Waals surface area contributed by atoms with Gasteiger partial charge >= 0.3 is 0 Å². The van der Waals surface area contributed by atoms with E-state index in [-0.39, 0.29) is 17.9 Å². The Morgan fingerprint density at radius 3 is 2.80 bits per heavy atom. The largest absolute Gasteiger partial charge is 0.495 e. The lowest BCUT2D eigenvalue weighted by Crippen LogP contribution is -2.18. The molecule has 0 radical (unpaired) electrons. The Hall–Kier alpha value is -2.99. The van der Waals surface area contributed by atoms with Gasteiger partial charge in [0.15, 0.2) is 5.76 Å². The van der Waals surface area contributed by atoms with Gasteiger partial charge in [0.1, 0.15) is 11.5 Å². The van der Waals surface area contributed by atoms with E-state index in [1.807, 2.05) is 0 Å². The number of rotatable bonds is 5. The van der Waals surface area contributed by atoms with Gasteiger partial charge in [-0.1, -0.05) is 17.7 Å². The van der Waals surface area contributed by atoms with Crippen molar-refractivity contribution in [3.8, 4) is 5.75 Å². The van der Waals surface area contributed by atoms with Crippen molar-refractivity contribution in [2.75, 3.05) is 12.4 Å². The molecular formula is C18H15ClN2O4. The zero-order chi connectivity index (χ0) is 17.8. The van der Waals surface area contributed by atoms with Gasteiger partial charge in [0, 0.05) is 18.0 Å². The third-order valence-electron chi connectivity index (χ3n) is 3.52. The Morgan fingerprint density at radius 2 is 2.08 bits per heavy atom. The van der Waals surface area contributed by atoms with Crippen molar-refractivity contribution in [1.82, 2.24) is 4.57 Å². The average Bonchev–Trinajstić information content (AvgIpc) is 3.06. The molecule has 0 fully saturated rings. The van der Waals surface area contributed by atoms with E-state index in [1.165, 1.54) is 17.7 Å². The van der Waals surface area contributed by atoms with Crippen LogP contribution in [0, 0.1) is 0 Å². The number of furan rings is 1. The lowest BCUT2D eigenvalue weighted by molar-refractivity contribution is 0.0994. The smallest absolute Gasteiger partial charge is 0.291 e. The first-order valence-corrected chi connectivity index (χ1v) is 7.83. The first kappa shape index (κ1) is 16.9. The van der Waals surface area contributed by atoms with Crippen molar-refractivity contribution >= 4 is 23.2 Å². The first-order valence-electron chi connectivity index (χ1n) is 7.46. The lowest BCUT2D eigenvalue weighted by atomic mass is 10.3. The Kier molecular flexibility index (Phi) is 4.90. The highest BCUT2D eigenvalue weighted by molar-refractivity contribution is 6.32. The van der Waals surface area contributed by atoms with Gasteiger partial charge in [-0.15, -0.1) is 0 Å². The van der Waals surface area contributed by atoms with E-state index in [4.69, 9.17) is 20.8 Å². The lowest BCUT2D eigenvalue weighted by Gasteiger charge is -2.07. The number of nitrogens with one attached hydrogen (secondary N) is 1. The van der Waals surface area contributed by atoms with E-state index in [2.05, 4.69) is 5.32 Å². The first-order chi connectivity index (χ1) is 12.1. The van der Waals surface area contributed by atoms with Crippen LogP contribution in [0.1, 0.15) is 16.3 Å². The van der Waals surface area contributed by atoms with E-state index >= 15 is 0 Å². The molecule has 0 unspecified atom stereocenters. The molecule has 0 aliphatic heterocycles. The topological polar surface area (TPSA) is 73.5 Å². The summed E-state index contributed by atoms with van der Waals surface area (Å²) in [5.74, 6) is 0.762. The van der Waals surface area contributed by atoms with Crippen LogP contribution in [-0.2, 0) is 6.54 Å². The van der Waals surface area contributed by atoms with Crippen LogP contribution in [0.2, 0.25) is 5.02 Å². The standard InChI is InChI=1S/C18H15ClN2O4/c1-24-15-7-5-12(10-14(15)19)20-18(23)16-8-6-13(25-16)11-21-9-3-2-4-17(21)22/h2-10H,11H2,1H3,(H,20,23). The van der Waals surface area contributed by atoms with Gasteiger partial charge in [-0.25, -0.2) is 0 Å². The summed E-state index contributed by atoms with van der Waals surface area (Å²) in [4.78, 5) is 24.0. The Morgan fingerprint density at radius 1 is 1.24 bits per heavy atom. The summed E-state index contributed by atoms with van der Waals surface area (Å²) in [5.41, 5.74) is 0.380. The average molecular weight is 359 g/mol. The van der Waals surface area contributed by atoms with Gasteiger partial charge in [0.05, 0.1) is 18.7 Å². The second-order valence-electron chi connectivity index (χ2n) is 5.24. The Labute approximate surface area is 148 Å². The van der Waals surface area contributed by atoms with Gasteiger partial charge in [0.2, 0.25) is 0 Å². The molecule has 2 heterocycles. The second kappa shape index (κ2) is 7.27. The van der Waals surface area contributed by atoms with Crippen LogP contribution in [0.15, 0.2) is 63.9 Å². The fraction of sp³-hybridized carbons (Fsp3) is 0.111. The number of pyridine rings is 1. The molecule has 2 aromatic heterocycles. The molecule has 0 bridgehead atoms. The zero-order valence-electron chi connectivity index (χ0n) is 13.4. The van der Waals surface area contributed by atoms with Crippen molar-refractivity contribution in [3.63, 3.8) is 0 Å². The van der Waals surface area contributed by atoms with Gasteiger partial charge < -0.3 is 19.0 Å². The number of hydrogen-bond donors (Lipinski definition) is 1. The molecule has 0 aliphatic rings. The Balaban J connectivity index is 1.71. The van der Waals surface area contributed by atoms with Gasteiger partial charge in [0.25, 0.3) is 11.5 Å². The van der Waals surface area contributed by atoms with Gasteiger partial charge in [-0.05, 0) is 36.4 Å². The summed E-state index contributed by atoms with van der Waals surface area (Å²) in [6.07, 6.45) is 1.66. The highest BCUT2D eigenvalue weighted by Crippen LogP contribution is 2.27. The fourth-order valence-corrected chi connectivity index (χ4v) is 2.54. The molecule has 1 N–H and O–H groups in total. The van der Waals surface area contributed by atoms with Crippen molar-refractivity contribution in [2.24, 2.45) is 0 Å². The van der Waals surface area contributed by atoms with Crippen LogP contribution in [-0.4, -0.2) is 17.6 Å². The van der Waals surface area contributed by atoms with E-state index in [1.54, 1.807) is 48.7 Å². The SMILES string of the molecule is COc1ccc(NC(=O)c2ccc(Cn3ccccc3=O)o2)cc1Cl. The zero-order valence-corrected chi connectivity index (χ0v) is 14.1. The number of benzene rings is 1. The summed E-state index contributed by atoms with van der Waals surface area (Å²) >= 11 is 6.04. The quantitative estimate of drug-likeness (QED) is 0.758. The minimum atomic E-state index is -0.409. The highest BCUT2D eigenvalue weighted by Gasteiger charge is 2.13. The molecule has 3 aromatic rings. The molecule has 0 saturated heterocycles. The number of ether oxygens (including phenoxy) is 1. The molecule has 6 nitrogen and oxygen atoms in total.